The van der Waals surface area contributed by atoms with E-state index in [1.54, 1.807) is 6.07 Å². The van der Waals surface area contributed by atoms with Gasteiger partial charge in [0.15, 0.2) is 6.29 Å². The third-order valence-corrected chi connectivity index (χ3v) is 3.17. The average Bonchev–Trinajstić information content (AvgIpc) is 2.79. The highest BCUT2D eigenvalue weighted by Gasteiger charge is 2.32. The summed E-state index contributed by atoms with van der Waals surface area (Å²) in [5.41, 5.74) is -1.32. The van der Waals surface area contributed by atoms with E-state index in [-0.39, 0.29) is 27.0 Å². The molecule has 1 heterocycles. The van der Waals surface area contributed by atoms with Crippen LogP contribution < -0.4 is 0 Å². The number of hydrogen-bond acceptors (Lipinski definition) is 3. The zero-order valence-corrected chi connectivity index (χ0v) is 11.5. The van der Waals surface area contributed by atoms with E-state index in [9.17, 15) is 18.0 Å². The Morgan fingerprint density at radius 3 is 2.29 bits per heavy atom. The number of rotatable bonds is 2. The summed E-state index contributed by atoms with van der Waals surface area (Å²) >= 11 is 11.6. The van der Waals surface area contributed by atoms with Crippen LogP contribution in [0.15, 0.2) is 18.3 Å². The molecular formula is C12H4Cl2F3N3O. The van der Waals surface area contributed by atoms with E-state index in [2.05, 4.69) is 5.10 Å². The quantitative estimate of drug-likeness (QED) is 0.783. The van der Waals surface area contributed by atoms with E-state index in [0.29, 0.717) is 18.4 Å². The second-order valence-electron chi connectivity index (χ2n) is 3.87. The van der Waals surface area contributed by atoms with Crippen LogP contribution in [0.25, 0.3) is 5.69 Å². The van der Waals surface area contributed by atoms with Crippen LogP contribution >= 0.6 is 23.2 Å². The molecule has 4 nitrogen and oxygen atoms in total. The molecule has 0 bridgehead atoms. The third kappa shape index (κ3) is 2.73. The van der Waals surface area contributed by atoms with Crippen LogP contribution in [-0.4, -0.2) is 16.1 Å². The van der Waals surface area contributed by atoms with Crippen LogP contribution in [0.3, 0.4) is 0 Å². The first kappa shape index (κ1) is 15.4. The lowest BCUT2D eigenvalue weighted by Gasteiger charge is -2.13. The van der Waals surface area contributed by atoms with Crippen LogP contribution in [-0.2, 0) is 6.18 Å². The molecule has 0 spiro atoms. The van der Waals surface area contributed by atoms with Crippen LogP contribution in [0.4, 0.5) is 13.2 Å². The molecule has 2 aromatic rings. The first-order chi connectivity index (χ1) is 9.79. The van der Waals surface area contributed by atoms with Crippen molar-refractivity contribution >= 4 is 29.5 Å². The number of nitriles is 1. The average molecular weight is 334 g/mol. The van der Waals surface area contributed by atoms with E-state index in [1.807, 2.05) is 0 Å². The van der Waals surface area contributed by atoms with E-state index in [4.69, 9.17) is 28.5 Å². The second-order valence-corrected chi connectivity index (χ2v) is 4.69. The SMILES string of the molecule is N#Cc1cnn(-c2c(Cl)cc(C(F)(F)F)cc2Cl)c1C=O. The van der Waals surface area contributed by atoms with Gasteiger partial charge in [-0.15, -0.1) is 0 Å². The summed E-state index contributed by atoms with van der Waals surface area (Å²) in [6.45, 7) is 0. The topological polar surface area (TPSA) is 58.7 Å². The molecule has 0 amide bonds. The van der Waals surface area contributed by atoms with Crippen LogP contribution in [0.2, 0.25) is 10.0 Å². The van der Waals surface area contributed by atoms with Crippen molar-refractivity contribution < 1.29 is 18.0 Å². The predicted molar refractivity (Wildman–Crippen MR) is 68.7 cm³/mol. The highest BCUT2D eigenvalue weighted by atomic mass is 35.5. The summed E-state index contributed by atoms with van der Waals surface area (Å²) in [4.78, 5) is 11.0. The van der Waals surface area contributed by atoms with Gasteiger partial charge < -0.3 is 0 Å². The Morgan fingerprint density at radius 1 is 1.29 bits per heavy atom. The van der Waals surface area contributed by atoms with Crippen molar-refractivity contribution in [1.29, 1.82) is 5.26 Å². The summed E-state index contributed by atoms with van der Waals surface area (Å²) in [7, 11) is 0. The maximum atomic E-state index is 12.6. The fraction of sp³-hybridized carbons (Fsp3) is 0.0833. The molecule has 0 radical (unpaired) electrons. The normalized spacial score (nSPS) is 11.2. The summed E-state index contributed by atoms with van der Waals surface area (Å²) in [5, 5.41) is 11.9. The third-order valence-electron chi connectivity index (χ3n) is 2.59. The van der Waals surface area contributed by atoms with Gasteiger partial charge in [-0.3, -0.25) is 4.79 Å². The predicted octanol–water partition coefficient (Wildman–Crippen LogP) is 3.88. The summed E-state index contributed by atoms with van der Waals surface area (Å²) in [6, 6.07) is 3.07. The zero-order valence-electron chi connectivity index (χ0n) is 9.95. The smallest absolute Gasteiger partial charge is 0.296 e. The molecule has 0 aliphatic heterocycles. The number of aldehydes is 1. The zero-order chi connectivity index (χ0) is 15.8. The molecule has 0 fully saturated rings. The van der Waals surface area contributed by atoms with Gasteiger partial charge in [-0.2, -0.15) is 23.5 Å². The monoisotopic (exact) mass is 333 g/mol. The first-order valence-corrected chi connectivity index (χ1v) is 6.05. The second kappa shape index (κ2) is 5.39. The van der Waals surface area contributed by atoms with E-state index >= 15 is 0 Å². The van der Waals surface area contributed by atoms with Crippen LogP contribution in [0.5, 0.6) is 0 Å². The van der Waals surface area contributed by atoms with Gasteiger partial charge in [0.25, 0.3) is 0 Å². The van der Waals surface area contributed by atoms with Gasteiger partial charge in [-0.25, -0.2) is 4.68 Å². The van der Waals surface area contributed by atoms with Crippen molar-refractivity contribution in [3.8, 4) is 11.8 Å². The number of alkyl halides is 3. The molecule has 1 aromatic carbocycles. The molecule has 0 aliphatic rings. The van der Waals surface area contributed by atoms with Gasteiger partial charge in [0, 0.05) is 0 Å². The van der Waals surface area contributed by atoms with E-state index in [0.717, 1.165) is 10.9 Å². The number of aromatic nitrogens is 2. The molecule has 0 N–H and O–H groups in total. The lowest BCUT2D eigenvalue weighted by molar-refractivity contribution is -0.137. The van der Waals surface area contributed by atoms with Gasteiger partial charge in [0.05, 0.1) is 21.8 Å². The minimum absolute atomic E-state index is 0.0444. The number of carbonyl (C=O) groups excluding carboxylic acids is 1. The maximum absolute atomic E-state index is 12.6. The van der Waals surface area contributed by atoms with E-state index < -0.39 is 11.7 Å². The molecule has 9 heteroatoms. The van der Waals surface area contributed by atoms with Gasteiger partial charge in [0.1, 0.15) is 23.0 Å². The standard InChI is InChI=1S/C12H4Cl2F3N3O/c13-8-1-7(12(15,16)17)2-9(14)11(8)20-10(5-21)6(3-18)4-19-20/h1-2,4-5H. The molecule has 0 saturated carbocycles. The van der Waals surface area contributed by atoms with Crippen molar-refractivity contribution in [2.24, 2.45) is 0 Å². The molecule has 108 valence electrons. The Bertz CT molecular complexity index is 739. The highest BCUT2D eigenvalue weighted by molar-refractivity contribution is 6.38. The largest absolute Gasteiger partial charge is 0.416 e. The van der Waals surface area contributed by atoms with Crippen molar-refractivity contribution in [3.05, 3.63) is 45.2 Å². The number of hydrogen-bond donors (Lipinski definition) is 0. The first-order valence-electron chi connectivity index (χ1n) is 5.29. The van der Waals surface area contributed by atoms with Crippen LogP contribution in [0.1, 0.15) is 21.6 Å². The summed E-state index contributed by atoms with van der Waals surface area (Å²) < 4.78 is 38.9. The Labute approximate surface area is 126 Å². The lowest BCUT2D eigenvalue weighted by atomic mass is 10.2. The molecule has 1 aromatic heterocycles. The molecule has 0 atom stereocenters. The molecular weight excluding hydrogens is 330 g/mol. The molecule has 2 rings (SSSR count). The Hall–Kier alpha value is -2.04. The summed E-state index contributed by atoms with van der Waals surface area (Å²) in [5.74, 6) is 0. The highest BCUT2D eigenvalue weighted by Crippen LogP contribution is 2.37. The molecule has 0 aliphatic carbocycles. The Morgan fingerprint density at radius 2 is 1.86 bits per heavy atom. The Balaban J connectivity index is 2.70. The summed E-state index contributed by atoms with van der Waals surface area (Å²) in [6.07, 6.45) is -3.18. The van der Waals surface area contributed by atoms with Crippen molar-refractivity contribution in [2.45, 2.75) is 6.18 Å². The van der Waals surface area contributed by atoms with Gasteiger partial charge in [-0.05, 0) is 12.1 Å². The molecule has 0 saturated heterocycles. The molecule has 0 unspecified atom stereocenters. The van der Waals surface area contributed by atoms with Gasteiger partial charge in [-0.1, -0.05) is 23.2 Å². The Kier molecular flexibility index (Phi) is 3.94. The van der Waals surface area contributed by atoms with Crippen LogP contribution in [0, 0.1) is 11.3 Å². The number of benzene rings is 1. The van der Waals surface area contributed by atoms with Crippen molar-refractivity contribution in [1.82, 2.24) is 9.78 Å². The van der Waals surface area contributed by atoms with Gasteiger partial charge >= 0.3 is 6.18 Å². The fourth-order valence-corrected chi connectivity index (χ4v) is 2.31. The fourth-order valence-electron chi connectivity index (χ4n) is 1.67. The van der Waals surface area contributed by atoms with E-state index in [1.165, 1.54) is 0 Å². The molecule has 21 heavy (non-hydrogen) atoms. The minimum atomic E-state index is -4.61. The lowest BCUT2D eigenvalue weighted by Crippen LogP contribution is -2.08. The van der Waals surface area contributed by atoms with Crippen molar-refractivity contribution in [2.75, 3.05) is 0 Å². The minimum Gasteiger partial charge on any atom is -0.296 e. The maximum Gasteiger partial charge on any atom is 0.416 e. The number of nitrogens with zero attached hydrogens (tertiary/aromatic N) is 3. The number of carbonyl (C=O) groups is 1. The number of halogens is 5. The van der Waals surface area contributed by atoms with Gasteiger partial charge in [0.2, 0.25) is 0 Å². The van der Waals surface area contributed by atoms with Crippen molar-refractivity contribution in [3.63, 3.8) is 0 Å².